The second kappa shape index (κ2) is 5.63. The minimum Gasteiger partial charge on any atom is -0.381 e. The summed E-state index contributed by atoms with van der Waals surface area (Å²) in [6, 6.07) is 8.91. The molecule has 0 bridgehead atoms. The van der Waals surface area contributed by atoms with Crippen molar-refractivity contribution >= 4 is 34.8 Å². The number of amides is 2. The SMILES string of the molecule is O=C1[C@@H]2C(c3ccc(F)cc3)=NO[C@@H]2C(=O)N1c1ccc(F)c(Cl)c1. The molecule has 5 nitrogen and oxygen atoms in total. The minimum atomic E-state index is -1.10. The van der Waals surface area contributed by atoms with E-state index in [1.54, 1.807) is 0 Å². The van der Waals surface area contributed by atoms with Gasteiger partial charge in [-0.1, -0.05) is 28.9 Å². The molecule has 2 aromatic rings. The average Bonchev–Trinajstić information content (AvgIpc) is 3.12. The zero-order chi connectivity index (χ0) is 17.7. The van der Waals surface area contributed by atoms with Crippen LogP contribution in [0.2, 0.25) is 5.02 Å². The lowest BCUT2D eigenvalue weighted by Crippen LogP contribution is -2.33. The van der Waals surface area contributed by atoms with E-state index in [2.05, 4.69) is 5.16 Å². The molecule has 0 aliphatic carbocycles. The molecule has 4 rings (SSSR count). The maximum absolute atomic E-state index is 13.3. The third-order valence-electron chi connectivity index (χ3n) is 4.11. The Labute approximate surface area is 145 Å². The fraction of sp³-hybridized carbons (Fsp3) is 0.118. The topological polar surface area (TPSA) is 59.0 Å². The van der Waals surface area contributed by atoms with E-state index in [1.165, 1.54) is 36.4 Å². The van der Waals surface area contributed by atoms with Gasteiger partial charge in [-0.15, -0.1) is 0 Å². The van der Waals surface area contributed by atoms with Crippen molar-refractivity contribution in [2.75, 3.05) is 4.90 Å². The Hall–Kier alpha value is -2.80. The molecule has 0 spiro atoms. The van der Waals surface area contributed by atoms with Gasteiger partial charge in [-0.2, -0.15) is 0 Å². The molecule has 2 atom stereocenters. The van der Waals surface area contributed by atoms with Crippen molar-refractivity contribution in [1.82, 2.24) is 0 Å². The smallest absolute Gasteiger partial charge is 0.278 e. The summed E-state index contributed by atoms with van der Waals surface area (Å²) in [5.74, 6) is -3.20. The summed E-state index contributed by atoms with van der Waals surface area (Å²) in [5, 5.41) is 3.62. The lowest BCUT2D eigenvalue weighted by Gasteiger charge is -2.15. The summed E-state index contributed by atoms with van der Waals surface area (Å²) in [5.41, 5.74) is 0.881. The van der Waals surface area contributed by atoms with E-state index >= 15 is 0 Å². The molecular formula is C17H9ClF2N2O3. The number of anilines is 1. The van der Waals surface area contributed by atoms with E-state index in [0.717, 1.165) is 11.0 Å². The molecule has 0 radical (unpaired) electrons. The molecule has 126 valence electrons. The molecule has 2 aliphatic heterocycles. The number of nitrogens with zero attached hydrogens (tertiary/aromatic N) is 2. The Morgan fingerprint density at radius 2 is 1.76 bits per heavy atom. The predicted octanol–water partition coefficient (Wildman–Crippen LogP) is 2.91. The van der Waals surface area contributed by atoms with Crippen molar-refractivity contribution < 1.29 is 23.2 Å². The van der Waals surface area contributed by atoms with Crippen LogP contribution in [0, 0.1) is 17.6 Å². The first kappa shape index (κ1) is 15.7. The van der Waals surface area contributed by atoms with Gasteiger partial charge in [0.15, 0.2) is 0 Å². The highest BCUT2D eigenvalue weighted by molar-refractivity contribution is 6.34. The Balaban J connectivity index is 1.70. The van der Waals surface area contributed by atoms with E-state index in [4.69, 9.17) is 16.4 Å². The van der Waals surface area contributed by atoms with Crippen LogP contribution >= 0.6 is 11.6 Å². The number of carbonyl (C=O) groups excluding carboxylic acids is 2. The van der Waals surface area contributed by atoms with Gasteiger partial charge < -0.3 is 4.84 Å². The monoisotopic (exact) mass is 362 g/mol. The predicted molar refractivity (Wildman–Crippen MR) is 85.2 cm³/mol. The zero-order valence-corrected chi connectivity index (χ0v) is 13.2. The van der Waals surface area contributed by atoms with Crippen LogP contribution in [0.3, 0.4) is 0 Å². The number of imide groups is 1. The summed E-state index contributed by atoms with van der Waals surface area (Å²) < 4.78 is 26.4. The molecule has 1 fully saturated rings. The van der Waals surface area contributed by atoms with E-state index < -0.39 is 35.5 Å². The number of benzene rings is 2. The van der Waals surface area contributed by atoms with Crippen LogP contribution in [0.25, 0.3) is 0 Å². The molecule has 2 amide bonds. The molecule has 0 aromatic heterocycles. The summed E-state index contributed by atoms with van der Waals surface area (Å²) >= 11 is 5.73. The largest absolute Gasteiger partial charge is 0.381 e. The first-order valence-corrected chi connectivity index (χ1v) is 7.67. The number of fused-ring (bicyclic) bond motifs is 1. The minimum absolute atomic E-state index is 0.151. The van der Waals surface area contributed by atoms with E-state index in [0.29, 0.717) is 5.56 Å². The standard InChI is InChI=1S/C17H9ClF2N2O3/c18-11-7-10(5-6-12(11)20)22-16(23)13-14(21-25-15(13)17(22)24)8-1-3-9(19)4-2-8/h1-7,13,15H/t13-,15+/m1/s1. The second-order valence-corrected chi connectivity index (χ2v) is 6.00. The van der Waals surface area contributed by atoms with E-state index in [9.17, 15) is 18.4 Å². The third-order valence-corrected chi connectivity index (χ3v) is 4.40. The van der Waals surface area contributed by atoms with Crippen LogP contribution in [0.1, 0.15) is 5.56 Å². The first-order valence-electron chi connectivity index (χ1n) is 7.30. The van der Waals surface area contributed by atoms with Crippen LogP contribution in [-0.4, -0.2) is 23.6 Å². The number of hydrogen-bond donors (Lipinski definition) is 0. The summed E-state index contributed by atoms with van der Waals surface area (Å²) in [4.78, 5) is 31.4. The second-order valence-electron chi connectivity index (χ2n) is 5.60. The Morgan fingerprint density at radius 1 is 1.04 bits per heavy atom. The average molecular weight is 363 g/mol. The van der Waals surface area contributed by atoms with Gasteiger partial charge in [-0.3, -0.25) is 9.59 Å². The van der Waals surface area contributed by atoms with Crippen molar-refractivity contribution in [3.63, 3.8) is 0 Å². The van der Waals surface area contributed by atoms with Gasteiger partial charge in [0, 0.05) is 5.56 Å². The maximum atomic E-state index is 13.3. The molecule has 2 heterocycles. The molecular weight excluding hydrogens is 354 g/mol. The number of carbonyl (C=O) groups is 2. The van der Waals surface area contributed by atoms with Crippen LogP contribution < -0.4 is 4.90 Å². The lowest BCUT2D eigenvalue weighted by molar-refractivity contribution is -0.126. The molecule has 1 saturated heterocycles. The highest BCUT2D eigenvalue weighted by atomic mass is 35.5. The molecule has 25 heavy (non-hydrogen) atoms. The van der Waals surface area contributed by atoms with Crippen LogP contribution in [0.4, 0.5) is 14.5 Å². The first-order chi connectivity index (χ1) is 12.0. The van der Waals surface area contributed by atoms with Crippen molar-refractivity contribution in [2.24, 2.45) is 11.1 Å². The highest BCUT2D eigenvalue weighted by Gasteiger charge is 2.56. The molecule has 0 saturated carbocycles. The zero-order valence-electron chi connectivity index (χ0n) is 12.4. The van der Waals surface area contributed by atoms with Crippen molar-refractivity contribution in [2.45, 2.75) is 6.10 Å². The summed E-state index contributed by atoms with van der Waals surface area (Å²) in [6.45, 7) is 0. The van der Waals surface area contributed by atoms with Gasteiger partial charge in [0.1, 0.15) is 23.3 Å². The van der Waals surface area contributed by atoms with Gasteiger partial charge in [-0.05, 0) is 30.3 Å². The fourth-order valence-electron chi connectivity index (χ4n) is 2.92. The van der Waals surface area contributed by atoms with Crippen molar-refractivity contribution in [3.05, 3.63) is 64.7 Å². The number of oxime groups is 1. The van der Waals surface area contributed by atoms with Gasteiger partial charge in [0.05, 0.1) is 10.7 Å². The quantitative estimate of drug-likeness (QED) is 0.772. The third kappa shape index (κ3) is 2.39. The van der Waals surface area contributed by atoms with Crippen molar-refractivity contribution in [1.29, 1.82) is 0 Å². The van der Waals surface area contributed by atoms with Crippen LogP contribution in [0.15, 0.2) is 47.6 Å². The van der Waals surface area contributed by atoms with Crippen LogP contribution in [-0.2, 0) is 14.4 Å². The van der Waals surface area contributed by atoms with E-state index in [-0.39, 0.29) is 16.4 Å². The Morgan fingerprint density at radius 3 is 2.44 bits per heavy atom. The van der Waals surface area contributed by atoms with Crippen molar-refractivity contribution in [3.8, 4) is 0 Å². The Kier molecular flexibility index (Phi) is 3.54. The molecule has 0 unspecified atom stereocenters. The lowest BCUT2D eigenvalue weighted by atomic mass is 9.94. The number of halogens is 3. The highest BCUT2D eigenvalue weighted by Crippen LogP contribution is 2.36. The number of rotatable bonds is 2. The molecule has 2 aliphatic rings. The summed E-state index contributed by atoms with van der Waals surface area (Å²) in [7, 11) is 0. The normalized spacial score (nSPS) is 22.0. The number of hydrogen-bond acceptors (Lipinski definition) is 4. The van der Waals surface area contributed by atoms with E-state index in [1.807, 2.05) is 0 Å². The molecule has 2 aromatic carbocycles. The van der Waals surface area contributed by atoms with Gasteiger partial charge in [0.2, 0.25) is 12.0 Å². The van der Waals surface area contributed by atoms with Gasteiger partial charge >= 0.3 is 0 Å². The van der Waals surface area contributed by atoms with Gasteiger partial charge in [0.25, 0.3) is 5.91 Å². The summed E-state index contributed by atoms with van der Waals surface area (Å²) in [6.07, 6.45) is -1.10. The molecule has 8 heteroatoms. The molecule has 0 N–H and O–H groups in total. The maximum Gasteiger partial charge on any atom is 0.278 e. The van der Waals surface area contributed by atoms with Crippen LogP contribution in [0.5, 0.6) is 0 Å². The Bertz CT molecular complexity index is 930. The fourth-order valence-corrected chi connectivity index (χ4v) is 3.09. The van der Waals surface area contributed by atoms with Gasteiger partial charge in [-0.25, -0.2) is 13.7 Å².